The Hall–Kier alpha value is -2.83. The Kier molecular flexibility index (Phi) is 3.32. The van der Waals surface area contributed by atoms with E-state index in [0.717, 1.165) is 0 Å². The van der Waals surface area contributed by atoms with Gasteiger partial charge in [0.15, 0.2) is 6.61 Å². The molecular weight excluding hydrogens is 286 g/mol. The van der Waals surface area contributed by atoms with Gasteiger partial charge >= 0.3 is 0 Å². The number of hydrogen-bond donors (Lipinski definition) is 1. The number of likely N-dealkylation sites (N-methyl/N-ethyl adjacent to an activating group) is 1. The normalized spacial score (nSPS) is 13.6. The molecule has 1 aromatic heterocycles. The van der Waals surface area contributed by atoms with Crippen molar-refractivity contribution in [2.24, 2.45) is 0 Å². The van der Waals surface area contributed by atoms with Gasteiger partial charge < -0.3 is 19.5 Å². The number of rotatable bonds is 2. The van der Waals surface area contributed by atoms with Gasteiger partial charge in [0.05, 0.1) is 11.4 Å². The molecule has 0 unspecified atom stereocenters. The fourth-order valence-corrected chi connectivity index (χ4v) is 2.35. The Labute approximate surface area is 126 Å². The second kappa shape index (κ2) is 5.18. The number of benzene rings is 1. The van der Waals surface area contributed by atoms with Crippen LogP contribution in [0, 0.1) is 13.8 Å². The van der Waals surface area contributed by atoms with Crippen LogP contribution < -0.4 is 15.0 Å². The molecule has 22 heavy (non-hydrogen) atoms. The first-order valence-corrected chi connectivity index (χ1v) is 6.75. The van der Waals surface area contributed by atoms with Crippen molar-refractivity contribution in [2.45, 2.75) is 13.8 Å². The van der Waals surface area contributed by atoms with Crippen LogP contribution in [0.1, 0.15) is 21.8 Å². The van der Waals surface area contributed by atoms with Gasteiger partial charge in [-0.15, -0.1) is 0 Å². The SMILES string of the molecule is Cc1noc(C)c1C(=O)Nc1ccc2c(c1)N(C)C(=O)CO2. The van der Waals surface area contributed by atoms with Crippen LogP contribution in [0.5, 0.6) is 5.75 Å². The summed E-state index contributed by atoms with van der Waals surface area (Å²) >= 11 is 0. The summed E-state index contributed by atoms with van der Waals surface area (Å²) in [6.45, 7) is 3.41. The monoisotopic (exact) mass is 301 g/mol. The summed E-state index contributed by atoms with van der Waals surface area (Å²) < 4.78 is 10.3. The van der Waals surface area contributed by atoms with E-state index < -0.39 is 0 Å². The van der Waals surface area contributed by atoms with Crippen LogP contribution in [-0.2, 0) is 4.79 Å². The van der Waals surface area contributed by atoms with Crippen LogP contribution in [0.2, 0.25) is 0 Å². The van der Waals surface area contributed by atoms with Crippen LogP contribution in [0.15, 0.2) is 22.7 Å². The molecule has 3 rings (SSSR count). The van der Waals surface area contributed by atoms with Crippen LogP contribution in [0.25, 0.3) is 0 Å². The fraction of sp³-hybridized carbons (Fsp3) is 0.267. The number of nitrogens with one attached hydrogen (secondary N) is 1. The summed E-state index contributed by atoms with van der Waals surface area (Å²) in [6, 6.07) is 5.14. The maximum absolute atomic E-state index is 12.3. The van der Waals surface area contributed by atoms with Gasteiger partial charge in [0, 0.05) is 12.7 Å². The lowest BCUT2D eigenvalue weighted by Gasteiger charge is -2.26. The molecule has 1 N–H and O–H groups in total. The maximum Gasteiger partial charge on any atom is 0.264 e. The summed E-state index contributed by atoms with van der Waals surface area (Å²) in [7, 11) is 1.67. The number of nitrogens with zero attached hydrogens (tertiary/aromatic N) is 2. The molecule has 7 nitrogen and oxygen atoms in total. The summed E-state index contributed by atoms with van der Waals surface area (Å²) in [5.74, 6) is 0.629. The Morgan fingerprint density at radius 3 is 2.82 bits per heavy atom. The highest BCUT2D eigenvalue weighted by molar-refractivity contribution is 6.06. The Balaban J connectivity index is 1.88. The largest absolute Gasteiger partial charge is 0.482 e. The summed E-state index contributed by atoms with van der Waals surface area (Å²) in [5, 5.41) is 6.54. The van der Waals surface area contributed by atoms with Gasteiger partial charge in [-0.2, -0.15) is 0 Å². The van der Waals surface area contributed by atoms with E-state index in [2.05, 4.69) is 10.5 Å². The van der Waals surface area contributed by atoms with Gasteiger partial charge in [0.2, 0.25) is 0 Å². The van der Waals surface area contributed by atoms with Crippen molar-refractivity contribution >= 4 is 23.2 Å². The van der Waals surface area contributed by atoms with Gasteiger partial charge in [-0.05, 0) is 32.0 Å². The molecule has 0 atom stereocenters. The molecule has 2 aromatic rings. The third-order valence-corrected chi connectivity index (χ3v) is 3.56. The molecule has 0 bridgehead atoms. The molecule has 0 saturated heterocycles. The van der Waals surface area contributed by atoms with E-state index in [0.29, 0.717) is 34.1 Å². The standard InChI is InChI=1S/C15H15N3O4/c1-8-14(9(2)22-17-8)15(20)16-10-4-5-12-11(6-10)18(3)13(19)7-21-12/h4-6H,7H2,1-3H3,(H,16,20). The molecule has 0 radical (unpaired) electrons. The molecular formula is C15H15N3O4. The van der Waals surface area contributed by atoms with Crippen molar-refractivity contribution in [1.29, 1.82) is 0 Å². The molecule has 0 spiro atoms. The van der Waals surface area contributed by atoms with E-state index in [4.69, 9.17) is 9.26 Å². The lowest BCUT2D eigenvalue weighted by atomic mass is 10.1. The lowest BCUT2D eigenvalue weighted by molar-refractivity contribution is -0.120. The summed E-state index contributed by atoms with van der Waals surface area (Å²) in [5.41, 5.74) is 2.13. The number of fused-ring (bicyclic) bond motifs is 1. The minimum absolute atomic E-state index is 0.0221. The first kappa shape index (κ1) is 14.1. The van der Waals surface area contributed by atoms with Crippen LogP contribution in [-0.4, -0.2) is 30.6 Å². The Morgan fingerprint density at radius 2 is 2.14 bits per heavy atom. The second-order valence-electron chi connectivity index (χ2n) is 5.08. The molecule has 2 amide bonds. The third-order valence-electron chi connectivity index (χ3n) is 3.56. The second-order valence-corrected chi connectivity index (χ2v) is 5.08. The highest BCUT2D eigenvalue weighted by Gasteiger charge is 2.23. The molecule has 1 aliphatic rings. The van der Waals surface area contributed by atoms with E-state index in [1.807, 2.05) is 0 Å². The zero-order valence-electron chi connectivity index (χ0n) is 12.5. The predicted octanol–water partition coefficient (Wildman–Crippen LogP) is 1.90. The highest BCUT2D eigenvalue weighted by atomic mass is 16.5. The molecule has 114 valence electrons. The van der Waals surface area contributed by atoms with Crippen molar-refractivity contribution in [1.82, 2.24) is 5.16 Å². The number of aryl methyl sites for hydroxylation is 2. The number of carbonyl (C=O) groups excluding carboxylic acids is 2. The molecule has 2 heterocycles. The molecule has 1 aromatic carbocycles. The van der Waals surface area contributed by atoms with E-state index >= 15 is 0 Å². The minimum atomic E-state index is -0.304. The zero-order valence-corrected chi connectivity index (χ0v) is 12.5. The van der Waals surface area contributed by atoms with E-state index in [9.17, 15) is 9.59 Å². The molecule has 1 aliphatic heterocycles. The van der Waals surface area contributed by atoms with Gasteiger partial charge in [-0.1, -0.05) is 5.16 Å². The summed E-state index contributed by atoms with van der Waals surface area (Å²) in [4.78, 5) is 25.5. The molecule has 0 saturated carbocycles. The molecule has 0 fully saturated rings. The lowest BCUT2D eigenvalue weighted by Crippen LogP contribution is -2.35. The van der Waals surface area contributed by atoms with Crippen molar-refractivity contribution < 1.29 is 18.8 Å². The fourth-order valence-electron chi connectivity index (χ4n) is 2.35. The van der Waals surface area contributed by atoms with Crippen LogP contribution >= 0.6 is 0 Å². The van der Waals surface area contributed by atoms with Crippen LogP contribution in [0.3, 0.4) is 0 Å². The van der Waals surface area contributed by atoms with E-state index in [-0.39, 0.29) is 18.4 Å². The average Bonchev–Trinajstić information content (AvgIpc) is 2.82. The topological polar surface area (TPSA) is 84.7 Å². The number of amides is 2. The predicted molar refractivity (Wildman–Crippen MR) is 79.3 cm³/mol. The Bertz CT molecular complexity index is 747. The van der Waals surface area contributed by atoms with Crippen LogP contribution in [0.4, 0.5) is 11.4 Å². The maximum atomic E-state index is 12.3. The number of carbonyl (C=O) groups is 2. The number of ether oxygens (including phenoxy) is 1. The van der Waals surface area contributed by atoms with Gasteiger partial charge in [-0.3, -0.25) is 9.59 Å². The van der Waals surface area contributed by atoms with Crippen molar-refractivity contribution in [2.75, 3.05) is 23.9 Å². The first-order chi connectivity index (χ1) is 10.5. The minimum Gasteiger partial charge on any atom is -0.482 e. The van der Waals surface area contributed by atoms with Gasteiger partial charge in [0.1, 0.15) is 17.1 Å². The van der Waals surface area contributed by atoms with Crippen molar-refractivity contribution in [3.8, 4) is 5.75 Å². The summed E-state index contributed by atoms with van der Waals surface area (Å²) in [6.07, 6.45) is 0. The van der Waals surface area contributed by atoms with Crippen molar-refractivity contribution in [3.05, 3.63) is 35.2 Å². The zero-order chi connectivity index (χ0) is 15.9. The number of hydrogen-bond acceptors (Lipinski definition) is 5. The third kappa shape index (κ3) is 2.30. The highest BCUT2D eigenvalue weighted by Crippen LogP contribution is 2.33. The smallest absolute Gasteiger partial charge is 0.264 e. The van der Waals surface area contributed by atoms with Gasteiger partial charge in [-0.25, -0.2) is 0 Å². The number of aromatic nitrogens is 1. The number of anilines is 2. The average molecular weight is 301 g/mol. The Morgan fingerprint density at radius 1 is 1.36 bits per heavy atom. The quantitative estimate of drug-likeness (QED) is 0.915. The van der Waals surface area contributed by atoms with E-state index in [1.165, 1.54) is 4.90 Å². The van der Waals surface area contributed by atoms with E-state index in [1.54, 1.807) is 39.1 Å². The molecule has 0 aliphatic carbocycles. The van der Waals surface area contributed by atoms with Crippen molar-refractivity contribution in [3.63, 3.8) is 0 Å². The first-order valence-electron chi connectivity index (χ1n) is 6.75. The van der Waals surface area contributed by atoms with Gasteiger partial charge in [0.25, 0.3) is 11.8 Å². The molecule has 7 heteroatoms.